The zero-order chi connectivity index (χ0) is 23.8. The number of Topliss-reactive ketones (excluding diaryl/α,β-unsaturated/α-hetero) is 1. The van der Waals surface area contributed by atoms with E-state index in [4.69, 9.17) is 14.2 Å². The van der Waals surface area contributed by atoms with Gasteiger partial charge in [0.2, 0.25) is 0 Å². The monoisotopic (exact) mass is 452 g/mol. The second-order valence-electron chi connectivity index (χ2n) is 7.51. The second-order valence-corrected chi connectivity index (χ2v) is 7.51. The van der Waals surface area contributed by atoms with E-state index in [2.05, 4.69) is 11.9 Å². The van der Waals surface area contributed by atoms with Crippen molar-refractivity contribution < 1.29 is 23.8 Å². The van der Waals surface area contributed by atoms with Gasteiger partial charge >= 0.3 is 5.97 Å². The minimum absolute atomic E-state index is 0.0480. The lowest BCUT2D eigenvalue weighted by Crippen LogP contribution is -2.26. The summed E-state index contributed by atoms with van der Waals surface area (Å²) in [6.45, 7) is 2.25. The van der Waals surface area contributed by atoms with Gasteiger partial charge in [-0.3, -0.25) is 14.4 Å². The molecule has 33 heavy (non-hydrogen) atoms. The molecule has 3 rings (SSSR count). The number of ketones is 1. The van der Waals surface area contributed by atoms with E-state index in [0.717, 1.165) is 18.4 Å². The number of aromatic nitrogens is 2. The normalized spacial score (nSPS) is 10.8. The molecule has 0 fully saturated rings. The van der Waals surface area contributed by atoms with Crippen LogP contribution in [0, 0.1) is 0 Å². The first-order valence-electron chi connectivity index (χ1n) is 10.9. The average molecular weight is 453 g/mol. The molecule has 0 aliphatic heterocycles. The van der Waals surface area contributed by atoms with Crippen LogP contribution in [0.2, 0.25) is 0 Å². The van der Waals surface area contributed by atoms with Gasteiger partial charge in [0.25, 0.3) is 5.56 Å². The number of aryl methyl sites for hydroxylation is 2. The van der Waals surface area contributed by atoms with Gasteiger partial charge in [0.15, 0.2) is 23.9 Å². The summed E-state index contributed by atoms with van der Waals surface area (Å²) in [4.78, 5) is 42.0. The van der Waals surface area contributed by atoms with E-state index in [1.54, 1.807) is 16.7 Å². The van der Waals surface area contributed by atoms with Gasteiger partial charge in [0, 0.05) is 18.5 Å². The smallest absolute Gasteiger partial charge is 0.306 e. The molecule has 8 heteroatoms. The zero-order valence-corrected chi connectivity index (χ0v) is 19.1. The predicted molar refractivity (Wildman–Crippen MR) is 124 cm³/mol. The van der Waals surface area contributed by atoms with Gasteiger partial charge in [-0.05, 0) is 36.8 Å². The van der Waals surface area contributed by atoms with E-state index in [1.807, 2.05) is 24.3 Å². The maximum atomic E-state index is 12.9. The first kappa shape index (κ1) is 24.0. The summed E-state index contributed by atoms with van der Waals surface area (Å²) in [6.07, 6.45) is 1.92. The molecule has 0 N–H and O–H groups in total. The van der Waals surface area contributed by atoms with Gasteiger partial charge in [-0.2, -0.15) is 0 Å². The Morgan fingerprint density at radius 2 is 1.79 bits per heavy atom. The molecule has 0 bridgehead atoms. The van der Waals surface area contributed by atoms with Gasteiger partial charge in [-0.15, -0.1) is 0 Å². The van der Waals surface area contributed by atoms with E-state index in [0.29, 0.717) is 34.8 Å². The standard InChI is InChI=1S/C25H28N2O6/c1-4-5-14-27-20-9-7-6-8-18(20)26-19(25(27)30)11-13-24(29)33-16-21(28)17-10-12-22(31-2)23(15-17)32-3/h6-10,12,15H,4-5,11,13-14,16H2,1-3H3. The molecule has 0 unspecified atom stereocenters. The van der Waals surface area contributed by atoms with Crippen LogP contribution in [0.15, 0.2) is 47.3 Å². The van der Waals surface area contributed by atoms with Crippen molar-refractivity contribution in [1.29, 1.82) is 0 Å². The number of hydrogen-bond acceptors (Lipinski definition) is 7. The van der Waals surface area contributed by atoms with Crippen LogP contribution in [0.25, 0.3) is 11.0 Å². The van der Waals surface area contributed by atoms with Gasteiger partial charge in [-0.25, -0.2) is 4.98 Å². The summed E-state index contributed by atoms with van der Waals surface area (Å²) < 4.78 is 17.2. The lowest BCUT2D eigenvalue weighted by molar-refractivity contribution is -0.142. The number of carbonyl (C=O) groups is 2. The Labute approximate surface area is 192 Å². The molecule has 0 amide bonds. The van der Waals surface area contributed by atoms with Crippen molar-refractivity contribution in [3.8, 4) is 11.5 Å². The Morgan fingerprint density at radius 1 is 1.03 bits per heavy atom. The van der Waals surface area contributed by atoms with Crippen molar-refractivity contribution in [3.05, 3.63) is 64.1 Å². The Kier molecular flexibility index (Phi) is 8.18. The molecule has 0 saturated carbocycles. The van der Waals surface area contributed by atoms with Crippen molar-refractivity contribution in [2.75, 3.05) is 20.8 Å². The van der Waals surface area contributed by atoms with Crippen LogP contribution in [0.5, 0.6) is 11.5 Å². The van der Waals surface area contributed by atoms with Crippen LogP contribution in [0.4, 0.5) is 0 Å². The van der Waals surface area contributed by atoms with Crippen molar-refractivity contribution in [2.24, 2.45) is 0 Å². The number of fused-ring (bicyclic) bond motifs is 1. The van der Waals surface area contributed by atoms with Crippen LogP contribution in [0.1, 0.15) is 42.2 Å². The Morgan fingerprint density at radius 3 is 2.52 bits per heavy atom. The van der Waals surface area contributed by atoms with Crippen LogP contribution in [0.3, 0.4) is 0 Å². The van der Waals surface area contributed by atoms with Crippen LogP contribution in [-0.4, -0.2) is 42.1 Å². The van der Waals surface area contributed by atoms with Crippen molar-refractivity contribution in [1.82, 2.24) is 9.55 Å². The first-order valence-corrected chi connectivity index (χ1v) is 10.9. The molecule has 8 nitrogen and oxygen atoms in total. The number of ether oxygens (including phenoxy) is 3. The molecule has 1 heterocycles. The Bertz CT molecular complexity index is 1200. The number of rotatable bonds is 11. The highest BCUT2D eigenvalue weighted by atomic mass is 16.5. The highest BCUT2D eigenvalue weighted by Gasteiger charge is 2.16. The third kappa shape index (κ3) is 5.77. The fraction of sp³-hybridized carbons (Fsp3) is 0.360. The number of carbonyl (C=O) groups excluding carboxylic acids is 2. The molecule has 0 radical (unpaired) electrons. The fourth-order valence-corrected chi connectivity index (χ4v) is 3.48. The maximum absolute atomic E-state index is 12.9. The van der Waals surface area contributed by atoms with Gasteiger partial charge in [0.1, 0.15) is 5.69 Å². The van der Waals surface area contributed by atoms with E-state index >= 15 is 0 Å². The average Bonchev–Trinajstić information content (AvgIpc) is 2.85. The molecule has 0 atom stereocenters. The molecule has 0 aliphatic carbocycles. The number of para-hydroxylation sites is 2. The van der Waals surface area contributed by atoms with Crippen LogP contribution < -0.4 is 15.0 Å². The molecule has 0 saturated heterocycles. The van der Waals surface area contributed by atoms with E-state index < -0.39 is 12.6 Å². The number of benzene rings is 2. The lowest BCUT2D eigenvalue weighted by atomic mass is 10.1. The Hall–Kier alpha value is -3.68. The van der Waals surface area contributed by atoms with E-state index in [1.165, 1.54) is 20.3 Å². The largest absolute Gasteiger partial charge is 0.493 e. The Balaban J connectivity index is 1.64. The van der Waals surface area contributed by atoms with Crippen LogP contribution in [-0.2, 0) is 22.5 Å². The molecule has 0 spiro atoms. The second kappa shape index (κ2) is 11.3. The third-order valence-electron chi connectivity index (χ3n) is 5.29. The van der Waals surface area contributed by atoms with E-state index in [9.17, 15) is 14.4 Å². The van der Waals surface area contributed by atoms with Gasteiger partial charge in [-0.1, -0.05) is 25.5 Å². The number of methoxy groups -OCH3 is 2. The summed E-state index contributed by atoms with van der Waals surface area (Å²) >= 11 is 0. The number of unbranched alkanes of at least 4 members (excludes halogenated alkanes) is 1. The molecule has 2 aromatic carbocycles. The maximum Gasteiger partial charge on any atom is 0.306 e. The molecule has 3 aromatic rings. The molecule has 174 valence electrons. The number of nitrogens with zero attached hydrogens (tertiary/aromatic N) is 2. The zero-order valence-electron chi connectivity index (χ0n) is 19.1. The molecule has 0 aliphatic rings. The van der Waals surface area contributed by atoms with Crippen LogP contribution >= 0.6 is 0 Å². The van der Waals surface area contributed by atoms with Crippen molar-refractivity contribution in [3.63, 3.8) is 0 Å². The van der Waals surface area contributed by atoms with Crippen molar-refractivity contribution >= 4 is 22.8 Å². The van der Waals surface area contributed by atoms with Crippen molar-refractivity contribution in [2.45, 2.75) is 39.2 Å². The summed E-state index contributed by atoms with van der Waals surface area (Å²) in [5.41, 5.74) is 1.95. The summed E-state index contributed by atoms with van der Waals surface area (Å²) in [5, 5.41) is 0. The highest BCUT2D eigenvalue weighted by Crippen LogP contribution is 2.27. The van der Waals surface area contributed by atoms with E-state index in [-0.39, 0.29) is 24.2 Å². The molecule has 1 aromatic heterocycles. The minimum atomic E-state index is -0.571. The first-order chi connectivity index (χ1) is 16.0. The highest BCUT2D eigenvalue weighted by molar-refractivity contribution is 5.98. The minimum Gasteiger partial charge on any atom is -0.493 e. The quantitative estimate of drug-likeness (QED) is 0.324. The SMILES string of the molecule is CCCCn1c(=O)c(CCC(=O)OCC(=O)c2ccc(OC)c(OC)c2)nc2ccccc21. The summed E-state index contributed by atoms with van der Waals surface area (Å²) in [5.74, 6) is -0.0247. The fourth-order valence-electron chi connectivity index (χ4n) is 3.48. The molecular formula is C25H28N2O6. The molecular weight excluding hydrogens is 424 g/mol. The topological polar surface area (TPSA) is 96.7 Å². The van der Waals surface area contributed by atoms with Gasteiger partial charge < -0.3 is 18.8 Å². The third-order valence-corrected chi connectivity index (χ3v) is 5.29. The summed E-state index contributed by atoms with van der Waals surface area (Å²) in [7, 11) is 2.98. The predicted octanol–water partition coefficient (Wildman–Crippen LogP) is 3.57. The lowest BCUT2D eigenvalue weighted by Gasteiger charge is -2.12. The number of hydrogen-bond donors (Lipinski definition) is 0. The number of esters is 1. The van der Waals surface area contributed by atoms with Gasteiger partial charge in [0.05, 0.1) is 31.7 Å². The summed E-state index contributed by atoms with van der Waals surface area (Å²) in [6, 6.07) is 12.2.